The molecule has 0 aliphatic heterocycles. The summed E-state index contributed by atoms with van der Waals surface area (Å²) in [6, 6.07) is 3.96. The van der Waals surface area contributed by atoms with Crippen LogP contribution in [0, 0.1) is 5.82 Å². The number of benzene rings is 1. The van der Waals surface area contributed by atoms with E-state index in [1.807, 2.05) is 20.8 Å². The van der Waals surface area contributed by atoms with Crippen molar-refractivity contribution in [2.75, 3.05) is 6.54 Å². The largest absolute Gasteiger partial charge is 0.480 e. The molecule has 1 aromatic rings. The molecule has 20 heavy (non-hydrogen) atoms. The highest BCUT2D eigenvalue weighted by atomic mass is 19.1. The van der Waals surface area contributed by atoms with E-state index in [9.17, 15) is 14.0 Å². The van der Waals surface area contributed by atoms with Crippen LogP contribution in [-0.2, 0) is 11.3 Å². The van der Waals surface area contributed by atoms with Gasteiger partial charge in [0, 0.05) is 23.2 Å². The molecule has 0 aromatic heterocycles. The maximum atomic E-state index is 13.9. The Morgan fingerprint density at radius 2 is 1.95 bits per heavy atom. The van der Waals surface area contributed by atoms with Gasteiger partial charge in [-0.2, -0.15) is 0 Å². The minimum absolute atomic E-state index is 0.0896. The van der Waals surface area contributed by atoms with Gasteiger partial charge in [-0.25, -0.2) is 4.39 Å². The zero-order valence-electron chi connectivity index (χ0n) is 11.8. The molecule has 1 amide bonds. The second-order valence-corrected chi connectivity index (χ2v) is 5.59. The molecule has 5 nitrogen and oxygen atoms in total. The number of primary amides is 1. The molecular formula is C14H19FN2O3. The molecule has 0 fully saturated rings. The number of carboxylic acids is 1. The summed E-state index contributed by atoms with van der Waals surface area (Å²) in [4.78, 5) is 23.5. The smallest absolute Gasteiger partial charge is 0.317 e. The van der Waals surface area contributed by atoms with Gasteiger partial charge in [-0.05, 0) is 32.9 Å². The van der Waals surface area contributed by atoms with Gasteiger partial charge in [0.25, 0.3) is 0 Å². The zero-order chi connectivity index (χ0) is 15.5. The third kappa shape index (κ3) is 4.31. The van der Waals surface area contributed by atoms with Gasteiger partial charge < -0.3 is 10.8 Å². The van der Waals surface area contributed by atoms with Crippen molar-refractivity contribution in [3.63, 3.8) is 0 Å². The Hall–Kier alpha value is -1.95. The number of carboxylic acid groups (broad SMARTS) is 1. The molecule has 0 saturated heterocycles. The summed E-state index contributed by atoms with van der Waals surface area (Å²) in [5.41, 5.74) is 5.07. The van der Waals surface area contributed by atoms with Gasteiger partial charge in [0.1, 0.15) is 5.82 Å². The van der Waals surface area contributed by atoms with Crippen LogP contribution in [-0.4, -0.2) is 34.0 Å². The first-order valence-corrected chi connectivity index (χ1v) is 6.16. The lowest BCUT2D eigenvalue weighted by molar-refractivity contribution is -0.139. The highest BCUT2D eigenvalue weighted by Gasteiger charge is 2.24. The number of aliphatic carboxylic acids is 1. The van der Waals surface area contributed by atoms with E-state index in [4.69, 9.17) is 10.8 Å². The van der Waals surface area contributed by atoms with E-state index in [1.54, 1.807) is 4.90 Å². The molecule has 3 N–H and O–H groups in total. The molecule has 1 aromatic carbocycles. The van der Waals surface area contributed by atoms with Crippen LogP contribution in [0.2, 0.25) is 0 Å². The van der Waals surface area contributed by atoms with Crippen LogP contribution in [0.1, 0.15) is 36.7 Å². The molecule has 0 atom stereocenters. The van der Waals surface area contributed by atoms with Crippen LogP contribution in [0.15, 0.2) is 18.2 Å². The van der Waals surface area contributed by atoms with E-state index in [0.29, 0.717) is 5.56 Å². The van der Waals surface area contributed by atoms with Gasteiger partial charge in [-0.15, -0.1) is 0 Å². The molecule has 0 aliphatic carbocycles. The van der Waals surface area contributed by atoms with Crippen LogP contribution in [0.25, 0.3) is 0 Å². The van der Waals surface area contributed by atoms with Gasteiger partial charge in [-0.1, -0.05) is 6.07 Å². The summed E-state index contributed by atoms with van der Waals surface area (Å²) in [5.74, 6) is -2.25. The minimum Gasteiger partial charge on any atom is -0.480 e. The van der Waals surface area contributed by atoms with Gasteiger partial charge in [0.2, 0.25) is 5.91 Å². The Morgan fingerprint density at radius 1 is 1.35 bits per heavy atom. The van der Waals surface area contributed by atoms with E-state index in [2.05, 4.69) is 0 Å². The Morgan fingerprint density at radius 3 is 2.35 bits per heavy atom. The highest BCUT2D eigenvalue weighted by Crippen LogP contribution is 2.19. The van der Waals surface area contributed by atoms with Gasteiger partial charge in [-0.3, -0.25) is 14.5 Å². The maximum Gasteiger partial charge on any atom is 0.317 e. The summed E-state index contributed by atoms with van der Waals surface area (Å²) >= 11 is 0. The molecule has 6 heteroatoms. The van der Waals surface area contributed by atoms with Crippen molar-refractivity contribution in [1.29, 1.82) is 0 Å². The topological polar surface area (TPSA) is 83.6 Å². The molecule has 0 spiro atoms. The number of hydrogen-bond acceptors (Lipinski definition) is 3. The first-order valence-electron chi connectivity index (χ1n) is 6.16. The molecule has 1 rings (SSSR count). The number of carbonyl (C=O) groups is 2. The van der Waals surface area contributed by atoms with Crippen molar-refractivity contribution in [1.82, 2.24) is 4.90 Å². The van der Waals surface area contributed by atoms with E-state index in [1.165, 1.54) is 12.1 Å². The first-order chi connectivity index (χ1) is 9.11. The second kappa shape index (κ2) is 6.00. The third-order valence-corrected chi connectivity index (χ3v) is 2.97. The fraction of sp³-hybridized carbons (Fsp3) is 0.429. The Labute approximate surface area is 117 Å². The van der Waals surface area contributed by atoms with Gasteiger partial charge in [0.05, 0.1) is 6.54 Å². The monoisotopic (exact) mass is 282 g/mol. The fourth-order valence-electron chi connectivity index (χ4n) is 1.73. The van der Waals surface area contributed by atoms with E-state index in [0.717, 1.165) is 6.07 Å². The van der Waals surface area contributed by atoms with Crippen LogP contribution in [0.4, 0.5) is 4.39 Å². The number of amides is 1. The van der Waals surface area contributed by atoms with Crippen molar-refractivity contribution < 1.29 is 19.1 Å². The molecular weight excluding hydrogens is 263 g/mol. The SMILES string of the molecule is CC(C)(C)N(CC(=O)O)Cc1ccc(C(N)=O)cc1F. The summed E-state index contributed by atoms with van der Waals surface area (Å²) in [6.07, 6.45) is 0. The molecule has 0 aliphatic rings. The third-order valence-electron chi connectivity index (χ3n) is 2.97. The van der Waals surface area contributed by atoms with Crippen LogP contribution >= 0.6 is 0 Å². The Bertz CT molecular complexity index is 524. The number of nitrogens with two attached hydrogens (primary N) is 1. The number of hydrogen-bond donors (Lipinski definition) is 2. The summed E-state index contributed by atoms with van der Waals surface area (Å²) in [6.45, 7) is 5.50. The van der Waals surface area contributed by atoms with E-state index in [-0.39, 0.29) is 18.7 Å². The number of halogens is 1. The highest BCUT2D eigenvalue weighted by molar-refractivity contribution is 5.92. The van der Waals surface area contributed by atoms with Crippen molar-refractivity contribution in [2.24, 2.45) is 5.73 Å². The average molecular weight is 282 g/mol. The molecule has 0 heterocycles. The van der Waals surface area contributed by atoms with Crippen molar-refractivity contribution in [3.05, 3.63) is 35.1 Å². The number of carbonyl (C=O) groups excluding carboxylic acids is 1. The quantitative estimate of drug-likeness (QED) is 0.859. The standard InChI is InChI=1S/C14H19FN2O3/c1-14(2,3)17(8-12(18)19)7-10-5-4-9(13(16)20)6-11(10)15/h4-6H,7-8H2,1-3H3,(H2,16,20)(H,18,19). The van der Waals surface area contributed by atoms with Crippen molar-refractivity contribution in [3.8, 4) is 0 Å². The maximum absolute atomic E-state index is 13.9. The van der Waals surface area contributed by atoms with E-state index < -0.39 is 23.2 Å². The van der Waals surface area contributed by atoms with Crippen molar-refractivity contribution >= 4 is 11.9 Å². The van der Waals surface area contributed by atoms with Gasteiger partial charge in [0.15, 0.2) is 0 Å². The lowest BCUT2D eigenvalue weighted by atomic mass is 10.0. The predicted octanol–water partition coefficient (Wildman–Crippen LogP) is 1.61. The lowest BCUT2D eigenvalue weighted by Gasteiger charge is -2.34. The molecule has 0 unspecified atom stereocenters. The Balaban J connectivity index is 3.00. The normalized spacial score (nSPS) is 11.7. The zero-order valence-corrected chi connectivity index (χ0v) is 11.8. The Kier molecular flexibility index (Phi) is 4.83. The average Bonchev–Trinajstić information content (AvgIpc) is 2.28. The van der Waals surface area contributed by atoms with Gasteiger partial charge >= 0.3 is 5.97 Å². The lowest BCUT2D eigenvalue weighted by Crippen LogP contribution is -2.44. The first kappa shape index (κ1) is 16.1. The molecule has 110 valence electrons. The molecule has 0 saturated carbocycles. The predicted molar refractivity (Wildman–Crippen MR) is 72.7 cm³/mol. The van der Waals surface area contributed by atoms with E-state index >= 15 is 0 Å². The van der Waals surface area contributed by atoms with Crippen LogP contribution in [0.5, 0.6) is 0 Å². The van der Waals surface area contributed by atoms with Crippen LogP contribution in [0.3, 0.4) is 0 Å². The van der Waals surface area contributed by atoms with Crippen molar-refractivity contribution in [2.45, 2.75) is 32.9 Å². The van der Waals surface area contributed by atoms with Crippen LogP contribution < -0.4 is 5.73 Å². The second-order valence-electron chi connectivity index (χ2n) is 5.59. The fourth-order valence-corrected chi connectivity index (χ4v) is 1.73. The number of rotatable bonds is 5. The number of nitrogens with zero attached hydrogens (tertiary/aromatic N) is 1. The molecule has 0 radical (unpaired) electrons. The summed E-state index contributed by atoms with van der Waals surface area (Å²) < 4.78 is 13.9. The minimum atomic E-state index is -0.978. The molecule has 0 bridgehead atoms. The summed E-state index contributed by atoms with van der Waals surface area (Å²) in [7, 11) is 0. The summed E-state index contributed by atoms with van der Waals surface area (Å²) in [5, 5.41) is 8.91.